The third-order valence-corrected chi connectivity index (χ3v) is 5.39. The van der Waals surface area contributed by atoms with Gasteiger partial charge in [0.15, 0.2) is 5.96 Å². The van der Waals surface area contributed by atoms with E-state index in [1.54, 1.807) is 0 Å². The molecule has 2 rings (SSSR count). The molecule has 1 atom stereocenters. The van der Waals surface area contributed by atoms with Crippen molar-refractivity contribution in [2.24, 2.45) is 4.99 Å². The molecule has 1 aromatic rings. The van der Waals surface area contributed by atoms with Crippen LogP contribution in [-0.2, 0) is 11.3 Å². The topological polar surface area (TPSA) is 61.4 Å². The van der Waals surface area contributed by atoms with Gasteiger partial charge in [-0.15, -0.1) is 0 Å². The average Bonchev–Trinajstić information content (AvgIpc) is 2.74. The number of hydrogen-bond acceptors (Lipinski definition) is 5. The molecule has 1 saturated heterocycles. The molecule has 0 saturated carbocycles. The number of piperazine rings is 1. The van der Waals surface area contributed by atoms with Gasteiger partial charge in [-0.25, -0.2) is 4.99 Å². The molecule has 0 amide bonds. The highest BCUT2D eigenvalue weighted by atomic mass is 16.5. The quantitative estimate of drug-likeness (QED) is 0.325. The van der Waals surface area contributed by atoms with E-state index in [1.807, 2.05) is 6.92 Å². The number of aliphatic imine (C=N–C) groups is 1. The molecular weight excluding hydrogens is 378 g/mol. The molecule has 2 N–H and O–H groups in total. The van der Waals surface area contributed by atoms with Gasteiger partial charge in [0.2, 0.25) is 0 Å². The molecule has 0 bridgehead atoms. The van der Waals surface area contributed by atoms with Crippen LogP contribution in [0, 0.1) is 6.92 Å². The van der Waals surface area contributed by atoms with Crippen molar-refractivity contribution in [1.82, 2.24) is 20.4 Å². The van der Waals surface area contributed by atoms with Crippen LogP contribution in [0.5, 0.6) is 5.75 Å². The number of nitrogens with one attached hydrogen (secondary N) is 2. The molecule has 1 heterocycles. The lowest BCUT2D eigenvalue weighted by atomic mass is 10.1. The minimum absolute atomic E-state index is 0.472. The Bertz CT molecular complexity index is 644. The summed E-state index contributed by atoms with van der Waals surface area (Å²) in [5.74, 6) is 1.74. The number of benzene rings is 1. The molecule has 1 aliphatic heterocycles. The first-order valence-electron chi connectivity index (χ1n) is 11.3. The molecule has 30 heavy (non-hydrogen) atoms. The maximum atomic E-state index is 5.95. The van der Waals surface area contributed by atoms with Crippen molar-refractivity contribution < 1.29 is 9.47 Å². The first-order valence-corrected chi connectivity index (χ1v) is 11.3. The van der Waals surface area contributed by atoms with E-state index in [2.05, 4.69) is 66.5 Å². The van der Waals surface area contributed by atoms with E-state index in [-0.39, 0.29) is 0 Å². The summed E-state index contributed by atoms with van der Waals surface area (Å²) < 4.78 is 11.3. The van der Waals surface area contributed by atoms with Crippen LogP contribution in [0.4, 0.5) is 0 Å². The zero-order valence-corrected chi connectivity index (χ0v) is 19.5. The standard InChI is InChI=1S/C23H41N5O2/c1-6-24-23(25-17-20(4)28-12-10-27(5)11-13-28)26-18-21-9-8-19(3)16-22(21)30-15-14-29-7-2/h8-9,16,20H,6-7,10-15,17-18H2,1-5H3,(H2,24,25,26). The number of likely N-dealkylation sites (N-methyl/N-ethyl adjacent to an activating group) is 1. The molecule has 170 valence electrons. The molecule has 0 aromatic heterocycles. The highest BCUT2D eigenvalue weighted by Crippen LogP contribution is 2.21. The SMILES string of the molecule is CCNC(=NCc1ccc(C)cc1OCCOCC)NCC(C)N1CCN(C)CC1. The molecule has 0 aliphatic carbocycles. The Morgan fingerprint density at radius 2 is 1.90 bits per heavy atom. The van der Waals surface area contributed by atoms with Crippen LogP contribution < -0.4 is 15.4 Å². The molecule has 0 spiro atoms. The summed E-state index contributed by atoms with van der Waals surface area (Å²) in [4.78, 5) is 9.73. The highest BCUT2D eigenvalue weighted by molar-refractivity contribution is 5.79. The normalized spacial score (nSPS) is 17.0. The summed E-state index contributed by atoms with van der Waals surface area (Å²) in [7, 11) is 2.19. The third-order valence-electron chi connectivity index (χ3n) is 5.39. The van der Waals surface area contributed by atoms with E-state index in [9.17, 15) is 0 Å². The lowest BCUT2D eigenvalue weighted by molar-refractivity contribution is 0.110. The van der Waals surface area contributed by atoms with Crippen LogP contribution in [0.2, 0.25) is 0 Å². The summed E-state index contributed by atoms with van der Waals surface area (Å²) in [6, 6.07) is 6.76. The van der Waals surface area contributed by atoms with Crippen LogP contribution in [0.3, 0.4) is 0 Å². The molecule has 1 fully saturated rings. The maximum absolute atomic E-state index is 5.95. The fourth-order valence-corrected chi connectivity index (χ4v) is 3.42. The van der Waals surface area contributed by atoms with Gasteiger partial charge in [0.05, 0.1) is 13.2 Å². The second kappa shape index (κ2) is 13.5. The van der Waals surface area contributed by atoms with Gasteiger partial charge in [-0.05, 0) is 46.4 Å². The fraction of sp³-hybridized carbons (Fsp3) is 0.696. The van der Waals surface area contributed by atoms with E-state index in [0.717, 1.165) is 56.5 Å². The zero-order valence-electron chi connectivity index (χ0n) is 19.5. The van der Waals surface area contributed by atoms with Crippen LogP contribution in [0.1, 0.15) is 31.9 Å². The Morgan fingerprint density at radius 3 is 2.60 bits per heavy atom. The Balaban J connectivity index is 1.93. The summed E-state index contributed by atoms with van der Waals surface area (Å²) in [6.45, 7) is 17.1. The predicted octanol–water partition coefficient (Wildman–Crippen LogP) is 2.10. The van der Waals surface area contributed by atoms with Gasteiger partial charge in [0.1, 0.15) is 12.4 Å². The first kappa shape index (κ1) is 24.4. The summed E-state index contributed by atoms with van der Waals surface area (Å²) in [5.41, 5.74) is 2.27. The summed E-state index contributed by atoms with van der Waals surface area (Å²) >= 11 is 0. The number of rotatable bonds is 11. The minimum Gasteiger partial charge on any atom is -0.491 e. The van der Waals surface area contributed by atoms with Gasteiger partial charge in [0, 0.05) is 57.5 Å². The van der Waals surface area contributed by atoms with Gasteiger partial charge in [0.25, 0.3) is 0 Å². The van der Waals surface area contributed by atoms with E-state index < -0.39 is 0 Å². The lowest BCUT2D eigenvalue weighted by Gasteiger charge is -2.36. The Hall–Kier alpha value is -1.83. The molecule has 1 unspecified atom stereocenters. The summed E-state index contributed by atoms with van der Waals surface area (Å²) in [6.07, 6.45) is 0. The largest absolute Gasteiger partial charge is 0.491 e. The van der Waals surface area contributed by atoms with E-state index in [1.165, 1.54) is 5.56 Å². The number of aryl methyl sites for hydroxylation is 1. The van der Waals surface area contributed by atoms with Crippen molar-refractivity contribution in [3.8, 4) is 5.75 Å². The highest BCUT2D eigenvalue weighted by Gasteiger charge is 2.19. The number of ether oxygens (including phenoxy) is 2. The van der Waals surface area contributed by atoms with E-state index in [0.29, 0.717) is 32.4 Å². The Morgan fingerprint density at radius 1 is 1.13 bits per heavy atom. The maximum Gasteiger partial charge on any atom is 0.191 e. The van der Waals surface area contributed by atoms with Crippen LogP contribution in [-0.4, -0.2) is 87.9 Å². The van der Waals surface area contributed by atoms with Gasteiger partial charge in [-0.3, -0.25) is 4.90 Å². The van der Waals surface area contributed by atoms with Crippen molar-refractivity contribution in [1.29, 1.82) is 0 Å². The third kappa shape index (κ3) is 8.50. The monoisotopic (exact) mass is 419 g/mol. The van der Waals surface area contributed by atoms with E-state index >= 15 is 0 Å². The Labute approximate surface area is 182 Å². The molecule has 1 aliphatic rings. The zero-order chi connectivity index (χ0) is 21.8. The smallest absolute Gasteiger partial charge is 0.191 e. The molecule has 0 radical (unpaired) electrons. The van der Waals surface area contributed by atoms with Gasteiger partial charge >= 0.3 is 0 Å². The van der Waals surface area contributed by atoms with Crippen LogP contribution in [0.25, 0.3) is 0 Å². The van der Waals surface area contributed by atoms with Gasteiger partial charge in [-0.2, -0.15) is 0 Å². The summed E-state index contributed by atoms with van der Waals surface area (Å²) in [5, 5.41) is 6.87. The Kier molecular flexibility index (Phi) is 11.0. The number of guanidine groups is 1. The van der Waals surface area contributed by atoms with E-state index in [4.69, 9.17) is 14.5 Å². The van der Waals surface area contributed by atoms with Crippen molar-refractivity contribution in [3.05, 3.63) is 29.3 Å². The van der Waals surface area contributed by atoms with Crippen molar-refractivity contribution in [2.75, 3.05) is 66.1 Å². The minimum atomic E-state index is 0.472. The van der Waals surface area contributed by atoms with Gasteiger partial charge in [-0.1, -0.05) is 12.1 Å². The molecule has 7 heteroatoms. The molecule has 1 aromatic carbocycles. The molecule has 7 nitrogen and oxygen atoms in total. The second-order valence-electron chi connectivity index (χ2n) is 7.92. The van der Waals surface area contributed by atoms with Crippen molar-refractivity contribution >= 4 is 5.96 Å². The van der Waals surface area contributed by atoms with Crippen molar-refractivity contribution in [2.45, 2.75) is 40.3 Å². The average molecular weight is 420 g/mol. The number of hydrogen-bond donors (Lipinski definition) is 2. The number of nitrogens with zero attached hydrogens (tertiary/aromatic N) is 3. The first-order chi connectivity index (χ1) is 14.5. The molecular formula is C23H41N5O2. The van der Waals surface area contributed by atoms with Crippen LogP contribution >= 0.6 is 0 Å². The second-order valence-corrected chi connectivity index (χ2v) is 7.92. The predicted molar refractivity (Wildman–Crippen MR) is 125 cm³/mol. The van der Waals surface area contributed by atoms with Gasteiger partial charge < -0.3 is 25.0 Å². The fourth-order valence-electron chi connectivity index (χ4n) is 3.42. The van der Waals surface area contributed by atoms with Crippen molar-refractivity contribution in [3.63, 3.8) is 0 Å². The van der Waals surface area contributed by atoms with Crippen LogP contribution in [0.15, 0.2) is 23.2 Å². The lowest BCUT2D eigenvalue weighted by Crippen LogP contribution is -2.52.